The number of hydrogen-bond donors (Lipinski definition) is 3. The van der Waals surface area contributed by atoms with Gasteiger partial charge in [0.15, 0.2) is 0 Å². The minimum atomic E-state index is 0.235. The third kappa shape index (κ3) is 9.56. The molecule has 1 heterocycles. The fraction of sp³-hybridized carbons (Fsp3) is 0.419. The normalized spacial score (nSPS) is 16.9. The van der Waals surface area contributed by atoms with Crippen LogP contribution in [-0.4, -0.2) is 23.9 Å². The lowest BCUT2D eigenvalue weighted by Crippen LogP contribution is -2.19. The summed E-state index contributed by atoms with van der Waals surface area (Å²) in [5.74, 6) is 1.45. The fourth-order valence-electron chi connectivity index (χ4n) is 4.25. The number of benzene rings is 1. The van der Waals surface area contributed by atoms with Crippen molar-refractivity contribution < 1.29 is 0 Å². The summed E-state index contributed by atoms with van der Waals surface area (Å²) in [5, 5.41) is 6.97. The van der Waals surface area contributed by atoms with Gasteiger partial charge in [0.25, 0.3) is 0 Å². The molecule has 0 saturated carbocycles. The molecule has 3 rings (SSSR count). The van der Waals surface area contributed by atoms with E-state index in [1.54, 1.807) is 0 Å². The van der Waals surface area contributed by atoms with E-state index in [1.165, 1.54) is 27.8 Å². The fourth-order valence-corrected chi connectivity index (χ4v) is 4.25. The molecule has 1 aliphatic rings. The van der Waals surface area contributed by atoms with Crippen molar-refractivity contribution in [2.45, 2.75) is 72.5 Å². The Morgan fingerprint density at radius 3 is 2.61 bits per heavy atom. The van der Waals surface area contributed by atoms with Crippen LogP contribution in [0.25, 0.3) is 0 Å². The molecule has 0 saturated heterocycles. The van der Waals surface area contributed by atoms with Gasteiger partial charge in [-0.25, -0.2) is 4.98 Å². The highest BCUT2D eigenvalue weighted by molar-refractivity contribution is 5.77. The molecule has 36 heavy (non-hydrogen) atoms. The summed E-state index contributed by atoms with van der Waals surface area (Å²) in [4.78, 5) is 9.40. The zero-order valence-electron chi connectivity index (χ0n) is 22.4. The molecule has 0 amide bonds. The molecule has 1 aromatic heterocycles. The number of hydrogen-bond acceptors (Lipinski definition) is 5. The summed E-state index contributed by atoms with van der Waals surface area (Å²) in [5.41, 5.74) is 13.4. The van der Waals surface area contributed by atoms with Gasteiger partial charge < -0.3 is 11.1 Å². The summed E-state index contributed by atoms with van der Waals surface area (Å²) < 4.78 is 0. The van der Waals surface area contributed by atoms with Crippen molar-refractivity contribution >= 4 is 12.0 Å². The van der Waals surface area contributed by atoms with Gasteiger partial charge in [-0.2, -0.15) is 0 Å². The molecule has 1 aliphatic carbocycles. The van der Waals surface area contributed by atoms with E-state index in [-0.39, 0.29) is 6.04 Å². The average molecular weight is 486 g/mol. The van der Waals surface area contributed by atoms with Gasteiger partial charge in [-0.15, -0.1) is 0 Å². The number of nitrogens with two attached hydrogens (primary N) is 1. The molecule has 192 valence electrons. The van der Waals surface area contributed by atoms with Gasteiger partial charge in [0, 0.05) is 37.5 Å². The molecular formula is C31H43N5. The van der Waals surface area contributed by atoms with Gasteiger partial charge in [0.05, 0.1) is 6.67 Å². The summed E-state index contributed by atoms with van der Waals surface area (Å²) in [6.07, 6.45) is 14.8. The van der Waals surface area contributed by atoms with Crippen molar-refractivity contribution in [2.75, 3.05) is 12.0 Å². The Kier molecular flexibility index (Phi) is 11.1. The zero-order valence-corrected chi connectivity index (χ0v) is 22.4. The van der Waals surface area contributed by atoms with Crippen LogP contribution in [0, 0.1) is 5.92 Å². The Morgan fingerprint density at radius 2 is 1.94 bits per heavy atom. The monoisotopic (exact) mass is 485 g/mol. The zero-order chi connectivity index (χ0) is 25.8. The van der Waals surface area contributed by atoms with Crippen molar-refractivity contribution in [1.29, 1.82) is 0 Å². The van der Waals surface area contributed by atoms with Gasteiger partial charge >= 0.3 is 0 Å². The van der Waals surface area contributed by atoms with Crippen LogP contribution in [0.4, 0.5) is 5.82 Å². The van der Waals surface area contributed by atoms with Crippen LogP contribution in [0.5, 0.6) is 0 Å². The largest absolute Gasteiger partial charge is 0.366 e. The average Bonchev–Trinajstić information content (AvgIpc) is 2.88. The second-order valence-electron chi connectivity index (χ2n) is 9.83. The number of rotatable bonds is 13. The molecule has 0 aliphatic heterocycles. The standard InChI is InChI=1S/C31H43N5/c1-5-23(3)19-33-22-34-20-29-17-30(16-27-11-9-26(10-12-27)15-24(4)32)36-31(18-29)35-21-28-13-7-25(6-2)8-14-28/h5,7-9,11-14,17-19,24,26,34H,6,10,15-16,20-22,32H2,1-4H3,(H,35,36)/b23-5-,33-19?. The van der Waals surface area contributed by atoms with E-state index in [2.05, 4.69) is 97.1 Å². The number of aryl methyl sites for hydroxylation is 1. The maximum Gasteiger partial charge on any atom is 0.126 e. The number of aromatic nitrogens is 1. The highest BCUT2D eigenvalue weighted by Gasteiger charge is 2.12. The van der Waals surface area contributed by atoms with Crippen molar-refractivity contribution in [1.82, 2.24) is 10.3 Å². The Labute approximate surface area is 217 Å². The lowest BCUT2D eigenvalue weighted by atomic mass is 9.90. The van der Waals surface area contributed by atoms with E-state index < -0.39 is 0 Å². The lowest BCUT2D eigenvalue weighted by molar-refractivity contribution is 0.525. The summed E-state index contributed by atoms with van der Waals surface area (Å²) in [6.45, 7) is 10.4. The summed E-state index contributed by atoms with van der Waals surface area (Å²) in [7, 11) is 0. The minimum Gasteiger partial charge on any atom is -0.366 e. The molecule has 1 aromatic carbocycles. The van der Waals surface area contributed by atoms with Crippen LogP contribution in [0.1, 0.15) is 62.9 Å². The van der Waals surface area contributed by atoms with Crippen molar-refractivity contribution in [3.63, 3.8) is 0 Å². The van der Waals surface area contributed by atoms with Crippen molar-refractivity contribution in [3.8, 4) is 0 Å². The first kappa shape index (κ1) is 27.6. The summed E-state index contributed by atoms with van der Waals surface area (Å²) >= 11 is 0. The number of allylic oxidation sites excluding steroid dienone is 6. The highest BCUT2D eigenvalue weighted by atomic mass is 15.0. The van der Waals surface area contributed by atoms with Gasteiger partial charge in [-0.05, 0) is 85.9 Å². The van der Waals surface area contributed by atoms with Gasteiger partial charge in [-0.1, -0.05) is 55.5 Å². The molecule has 0 fully saturated rings. The SMILES string of the molecule is C/C=C(/C)C=NCNCc1cc(CC2=CCC(CC(C)N)C=C2)nc(NCc2ccc(CC)cc2)c1. The molecule has 2 unspecified atom stereocenters. The third-order valence-electron chi connectivity index (χ3n) is 6.45. The Hall–Kier alpha value is -3.02. The first-order valence-corrected chi connectivity index (χ1v) is 13.2. The molecule has 0 spiro atoms. The van der Waals surface area contributed by atoms with E-state index in [1.807, 2.05) is 13.1 Å². The number of nitrogens with zero attached hydrogens (tertiary/aromatic N) is 2. The number of pyridine rings is 1. The molecule has 0 bridgehead atoms. The highest BCUT2D eigenvalue weighted by Crippen LogP contribution is 2.23. The molecule has 2 atom stereocenters. The van der Waals surface area contributed by atoms with Crippen LogP contribution >= 0.6 is 0 Å². The quantitative estimate of drug-likeness (QED) is 0.236. The van der Waals surface area contributed by atoms with Crippen LogP contribution in [0.15, 0.2) is 76.8 Å². The lowest BCUT2D eigenvalue weighted by Gasteiger charge is -2.18. The third-order valence-corrected chi connectivity index (χ3v) is 6.45. The Morgan fingerprint density at radius 1 is 1.17 bits per heavy atom. The minimum absolute atomic E-state index is 0.235. The van der Waals surface area contributed by atoms with Crippen LogP contribution in [0.3, 0.4) is 0 Å². The predicted molar refractivity (Wildman–Crippen MR) is 154 cm³/mol. The van der Waals surface area contributed by atoms with E-state index in [4.69, 9.17) is 10.7 Å². The molecular weight excluding hydrogens is 442 g/mol. The maximum atomic E-state index is 5.99. The van der Waals surface area contributed by atoms with E-state index in [9.17, 15) is 0 Å². The van der Waals surface area contributed by atoms with Crippen molar-refractivity contribution in [3.05, 3.63) is 94.2 Å². The first-order valence-electron chi connectivity index (χ1n) is 13.2. The Balaban J connectivity index is 1.68. The summed E-state index contributed by atoms with van der Waals surface area (Å²) in [6, 6.07) is 13.4. The van der Waals surface area contributed by atoms with E-state index in [0.717, 1.165) is 50.3 Å². The van der Waals surface area contributed by atoms with Gasteiger partial charge in [0.1, 0.15) is 5.82 Å². The van der Waals surface area contributed by atoms with Crippen LogP contribution in [-0.2, 0) is 25.9 Å². The molecule has 0 radical (unpaired) electrons. The number of nitrogens with one attached hydrogen (secondary N) is 2. The number of aliphatic imine (C=N–C) groups is 1. The van der Waals surface area contributed by atoms with Crippen LogP contribution in [0.2, 0.25) is 0 Å². The molecule has 4 N–H and O–H groups in total. The van der Waals surface area contributed by atoms with E-state index >= 15 is 0 Å². The predicted octanol–water partition coefficient (Wildman–Crippen LogP) is 6.12. The van der Waals surface area contributed by atoms with Crippen LogP contribution < -0.4 is 16.4 Å². The Bertz CT molecular complexity index is 1080. The second-order valence-corrected chi connectivity index (χ2v) is 9.83. The maximum absolute atomic E-state index is 5.99. The molecule has 5 heteroatoms. The van der Waals surface area contributed by atoms with Gasteiger partial charge in [-0.3, -0.25) is 10.3 Å². The molecule has 2 aromatic rings. The number of anilines is 1. The van der Waals surface area contributed by atoms with E-state index in [0.29, 0.717) is 12.6 Å². The molecule has 5 nitrogen and oxygen atoms in total. The topological polar surface area (TPSA) is 75.3 Å². The van der Waals surface area contributed by atoms with Gasteiger partial charge in [0.2, 0.25) is 0 Å². The smallest absolute Gasteiger partial charge is 0.126 e. The first-order chi connectivity index (χ1) is 17.4. The van der Waals surface area contributed by atoms with Crippen molar-refractivity contribution in [2.24, 2.45) is 16.6 Å². The second kappa shape index (κ2) is 14.5.